The van der Waals surface area contributed by atoms with Crippen molar-refractivity contribution in [2.24, 2.45) is 5.92 Å². The molecule has 0 saturated heterocycles. The van der Waals surface area contributed by atoms with E-state index < -0.39 is 36.6 Å². The number of aliphatic carboxylic acids is 1. The first-order chi connectivity index (χ1) is 7.07. The molecule has 0 aliphatic rings. The topological polar surface area (TPSA) is 57.6 Å². The lowest BCUT2D eigenvalue weighted by Gasteiger charge is -2.28. The molecule has 1 atom stereocenters. The normalized spacial score (nSPS) is 13.7. The maximum Gasteiger partial charge on any atom is 0.471 e. The predicted molar refractivity (Wildman–Crippen MR) is 49.7 cm³/mol. The summed E-state index contributed by atoms with van der Waals surface area (Å²) in [5, 5.41) is 8.58. The van der Waals surface area contributed by atoms with Gasteiger partial charge in [-0.1, -0.05) is 6.92 Å². The Morgan fingerprint density at radius 1 is 1.25 bits per heavy atom. The highest BCUT2D eigenvalue weighted by atomic mass is 19.4. The van der Waals surface area contributed by atoms with E-state index in [1.54, 1.807) is 0 Å². The highest BCUT2D eigenvalue weighted by Gasteiger charge is 2.43. The number of carbonyl (C=O) groups excluding carboxylic acids is 1. The summed E-state index contributed by atoms with van der Waals surface area (Å²) in [4.78, 5) is 22.0. The van der Waals surface area contributed by atoms with Gasteiger partial charge < -0.3 is 10.0 Å². The number of hydrogen-bond donors (Lipinski definition) is 1. The zero-order chi connectivity index (χ0) is 13.1. The van der Waals surface area contributed by atoms with Crippen LogP contribution >= 0.6 is 0 Å². The van der Waals surface area contributed by atoms with Gasteiger partial charge in [-0.25, -0.2) is 0 Å². The van der Waals surface area contributed by atoms with Crippen molar-refractivity contribution < 1.29 is 27.9 Å². The Labute approximate surface area is 91.0 Å². The SMILES string of the molecule is CC(CN(C(=O)C(F)(F)F)C(C)C)C(=O)O. The third kappa shape index (κ3) is 4.08. The van der Waals surface area contributed by atoms with Gasteiger partial charge in [0, 0.05) is 12.6 Å². The molecule has 7 heteroatoms. The maximum absolute atomic E-state index is 12.2. The molecule has 94 valence electrons. The number of halogens is 3. The van der Waals surface area contributed by atoms with Gasteiger partial charge in [0.2, 0.25) is 0 Å². The van der Waals surface area contributed by atoms with Crippen molar-refractivity contribution in [2.45, 2.75) is 33.0 Å². The number of nitrogens with zero attached hydrogens (tertiary/aromatic N) is 1. The Morgan fingerprint density at radius 2 is 1.69 bits per heavy atom. The van der Waals surface area contributed by atoms with E-state index in [1.165, 1.54) is 20.8 Å². The predicted octanol–water partition coefficient (Wildman–Crippen LogP) is 1.51. The summed E-state index contributed by atoms with van der Waals surface area (Å²) in [5.41, 5.74) is 0. The van der Waals surface area contributed by atoms with E-state index in [0.29, 0.717) is 4.90 Å². The number of hydrogen-bond acceptors (Lipinski definition) is 2. The fourth-order valence-electron chi connectivity index (χ4n) is 1.06. The molecule has 0 spiro atoms. The molecule has 0 rings (SSSR count). The van der Waals surface area contributed by atoms with Crippen molar-refractivity contribution in [3.8, 4) is 0 Å². The number of rotatable bonds is 4. The molecule has 4 nitrogen and oxygen atoms in total. The molecule has 0 aromatic rings. The van der Waals surface area contributed by atoms with Crippen molar-refractivity contribution >= 4 is 11.9 Å². The lowest BCUT2D eigenvalue weighted by Crippen LogP contribution is -2.47. The molecule has 0 aliphatic carbocycles. The summed E-state index contributed by atoms with van der Waals surface area (Å²) in [6.45, 7) is 3.60. The largest absolute Gasteiger partial charge is 0.481 e. The first-order valence-corrected chi connectivity index (χ1v) is 4.68. The van der Waals surface area contributed by atoms with Gasteiger partial charge in [-0.2, -0.15) is 13.2 Å². The number of alkyl halides is 3. The van der Waals surface area contributed by atoms with Crippen LogP contribution in [0.2, 0.25) is 0 Å². The fraction of sp³-hybridized carbons (Fsp3) is 0.778. The van der Waals surface area contributed by atoms with Crippen LogP contribution in [-0.2, 0) is 9.59 Å². The summed E-state index contributed by atoms with van der Waals surface area (Å²) in [6, 6.07) is -0.698. The molecule has 0 aromatic heterocycles. The molecule has 0 bridgehead atoms. The van der Waals surface area contributed by atoms with Crippen molar-refractivity contribution in [2.75, 3.05) is 6.54 Å². The number of carboxylic acids is 1. The molecular formula is C9H14F3NO3. The van der Waals surface area contributed by atoms with Crippen LogP contribution < -0.4 is 0 Å². The highest BCUT2D eigenvalue weighted by Crippen LogP contribution is 2.20. The summed E-state index contributed by atoms with van der Waals surface area (Å²) < 4.78 is 36.5. The summed E-state index contributed by atoms with van der Waals surface area (Å²) in [7, 11) is 0. The van der Waals surface area contributed by atoms with E-state index in [9.17, 15) is 22.8 Å². The van der Waals surface area contributed by atoms with Crippen LogP contribution in [0.15, 0.2) is 0 Å². The Morgan fingerprint density at radius 3 is 1.94 bits per heavy atom. The smallest absolute Gasteiger partial charge is 0.471 e. The molecule has 1 N–H and O–H groups in total. The van der Waals surface area contributed by atoms with E-state index in [1.807, 2.05) is 0 Å². The zero-order valence-corrected chi connectivity index (χ0v) is 9.21. The zero-order valence-electron chi connectivity index (χ0n) is 9.21. The average molecular weight is 241 g/mol. The van der Waals surface area contributed by atoms with E-state index in [4.69, 9.17) is 5.11 Å². The van der Waals surface area contributed by atoms with Crippen LogP contribution in [0.5, 0.6) is 0 Å². The van der Waals surface area contributed by atoms with Gasteiger partial charge in [0.25, 0.3) is 0 Å². The van der Waals surface area contributed by atoms with Crippen LogP contribution in [0.4, 0.5) is 13.2 Å². The van der Waals surface area contributed by atoms with E-state index >= 15 is 0 Å². The number of carboxylic acid groups (broad SMARTS) is 1. The van der Waals surface area contributed by atoms with Crippen LogP contribution in [0.1, 0.15) is 20.8 Å². The first-order valence-electron chi connectivity index (χ1n) is 4.68. The molecule has 0 fully saturated rings. The van der Waals surface area contributed by atoms with Gasteiger partial charge in [0.1, 0.15) is 0 Å². The Balaban J connectivity index is 4.77. The van der Waals surface area contributed by atoms with Gasteiger partial charge in [0.05, 0.1) is 5.92 Å². The van der Waals surface area contributed by atoms with E-state index in [2.05, 4.69) is 0 Å². The standard InChI is InChI=1S/C9H14F3NO3/c1-5(2)13(4-6(3)7(14)15)8(16)9(10,11)12/h5-6H,4H2,1-3H3,(H,14,15). The molecule has 0 aromatic carbocycles. The second kappa shape index (κ2) is 5.18. The minimum Gasteiger partial charge on any atom is -0.481 e. The minimum atomic E-state index is -4.97. The van der Waals surface area contributed by atoms with Gasteiger partial charge >= 0.3 is 18.1 Å². The lowest BCUT2D eigenvalue weighted by molar-refractivity contribution is -0.188. The molecule has 1 amide bonds. The number of amides is 1. The van der Waals surface area contributed by atoms with Crippen molar-refractivity contribution in [1.82, 2.24) is 4.90 Å². The molecular weight excluding hydrogens is 227 g/mol. The monoisotopic (exact) mass is 241 g/mol. The van der Waals surface area contributed by atoms with Crippen LogP contribution in [0.25, 0.3) is 0 Å². The maximum atomic E-state index is 12.2. The second-order valence-corrected chi connectivity index (χ2v) is 3.79. The van der Waals surface area contributed by atoms with Gasteiger partial charge in [-0.15, -0.1) is 0 Å². The molecule has 0 heterocycles. The summed E-state index contributed by atoms with van der Waals surface area (Å²) >= 11 is 0. The van der Waals surface area contributed by atoms with Gasteiger partial charge in [-0.05, 0) is 13.8 Å². The van der Waals surface area contributed by atoms with E-state index in [0.717, 1.165) is 0 Å². The van der Waals surface area contributed by atoms with Crippen molar-refractivity contribution in [1.29, 1.82) is 0 Å². The fourth-order valence-corrected chi connectivity index (χ4v) is 1.06. The van der Waals surface area contributed by atoms with Crippen LogP contribution in [0.3, 0.4) is 0 Å². The lowest BCUT2D eigenvalue weighted by atomic mass is 10.1. The van der Waals surface area contributed by atoms with Crippen LogP contribution in [-0.4, -0.2) is 40.6 Å². The molecule has 0 radical (unpaired) electrons. The van der Waals surface area contributed by atoms with Gasteiger partial charge in [-0.3, -0.25) is 9.59 Å². The molecule has 0 aliphatic heterocycles. The Kier molecular flexibility index (Phi) is 4.77. The van der Waals surface area contributed by atoms with Crippen molar-refractivity contribution in [3.63, 3.8) is 0 Å². The van der Waals surface area contributed by atoms with Crippen molar-refractivity contribution in [3.05, 3.63) is 0 Å². The molecule has 16 heavy (non-hydrogen) atoms. The Hall–Kier alpha value is -1.27. The molecule has 1 unspecified atom stereocenters. The minimum absolute atomic E-state index is 0.453. The second-order valence-electron chi connectivity index (χ2n) is 3.79. The van der Waals surface area contributed by atoms with E-state index in [-0.39, 0.29) is 0 Å². The van der Waals surface area contributed by atoms with Crippen LogP contribution in [0, 0.1) is 5.92 Å². The highest BCUT2D eigenvalue weighted by molar-refractivity contribution is 5.82. The third-order valence-corrected chi connectivity index (χ3v) is 2.02. The average Bonchev–Trinajstić information content (AvgIpc) is 2.10. The third-order valence-electron chi connectivity index (χ3n) is 2.02. The molecule has 0 saturated carbocycles. The summed E-state index contributed by atoms with van der Waals surface area (Å²) in [5.74, 6) is -4.27. The quantitative estimate of drug-likeness (QED) is 0.811. The number of carbonyl (C=O) groups is 2. The summed E-state index contributed by atoms with van der Waals surface area (Å²) in [6.07, 6.45) is -4.97. The van der Waals surface area contributed by atoms with Gasteiger partial charge in [0.15, 0.2) is 0 Å². The Bertz CT molecular complexity index is 276. The first kappa shape index (κ1) is 14.7.